The van der Waals surface area contributed by atoms with Crippen molar-refractivity contribution in [2.75, 3.05) is 0 Å². The van der Waals surface area contributed by atoms with E-state index >= 15 is 0 Å². The van der Waals surface area contributed by atoms with Crippen LogP contribution < -0.4 is 0 Å². The van der Waals surface area contributed by atoms with Crippen LogP contribution >= 0.6 is 11.6 Å². The highest BCUT2D eigenvalue weighted by Gasteiger charge is 2.40. The van der Waals surface area contributed by atoms with Gasteiger partial charge in [-0.15, -0.1) is 5.16 Å². The van der Waals surface area contributed by atoms with Crippen LogP contribution in [0.15, 0.2) is 29.4 Å². The molecule has 4 unspecified atom stereocenters. The minimum Gasteiger partial charge on any atom is -0.411 e. The molecule has 2 aliphatic rings. The molecule has 0 heterocycles. The van der Waals surface area contributed by atoms with Crippen LogP contribution in [-0.4, -0.2) is 11.4 Å². The second-order valence-corrected chi connectivity index (χ2v) is 6.65. The molecule has 1 aromatic carbocycles. The number of benzene rings is 1. The van der Waals surface area contributed by atoms with Crippen molar-refractivity contribution in [3.63, 3.8) is 0 Å². The Morgan fingerprint density at radius 1 is 1.05 bits per heavy atom. The van der Waals surface area contributed by atoms with E-state index in [1.165, 1.54) is 31.2 Å². The Bertz CT molecular complexity index is 488. The van der Waals surface area contributed by atoms with Crippen molar-refractivity contribution >= 4 is 17.8 Å². The first-order chi connectivity index (χ1) is 9.81. The third kappa shape index (κ3) is 2.58. The summed E-state index contributed by atoms with van der Waals surface area (Å²) >= 11 is 6.42. The van der Waals surface area contributed by atoms with Crippen molar-refractivity contribution in [2.24, 2.45) is 22.9 Å². The molecule has 2 fully saturated rings. The Morgan fingerprint density at radius 2 is 1.80 bits per heavy atom. The van der Waals surface area contributed by atoms with Gasteiger partial charge >= 0.3 is 0 Å². The Hall–Kier alpha value is -1.02. The fourth-order valence-electron chi connectivity index (χ4n) is 4.45. The van der Waals surface area contributed by atoms with Crippen LogP contribution in [0.2, 0.25) is 5.02 Å². The van der Waals surface area contributed by atoms with Crippen molar-refractivity contribution in [1.82, 2.24) is 0 Å². The van der Waals surface area contributed by atoms with Crippen LogP contribution in [-0.2, 0) is 0 Å². The first kappa shape index (κ1) is 13.9. The van der Waals surface area contributed by atoms with Gasteiger partial charge in [0, 0.05) is 17.2 Å². The Labute approximate surface area is 125 Å². The highest BCUT2D eigenvalue weighted by atomic mass is 35.5. The molecule has 4 atom stereocenters. The summed E-state index contributed by atoms with van der Waals surface area (Å²) in [5.74, 6) is 2.39. The smallest absolute Gasteiger partial charge is 0.0469 e. The maximum atomic E-state index is 8.88. The van der Waals surface area contributed by atoms with Gasteiger partial charge in [0.2, 0.25) is 0 Å². The van der Waals surface area contributed by atoms with E-state index in [9.17, 15) is 0 Å². The summed E-state index contributed by atoms with van der Waals surface area (Å²) in [6.07, 6.45) is 9.23. The van der Waals surface area contributed by atoms with E-state index in [2.05, 4.69) is 17.3 Å². The molecule has 1 aromatic rings. The lowest BCUT2D eigenvalue weighted by Crippen LogP contribution is -2.36. The SMILES string of the molecule is ON=CC1CCC(c2ccccc2Cl)C2CCCCC12. The quantitative estimate of drug-likeness (QED) is 0.459. The summed E-state index contributed by atoms with van der Waals surface area (Å²) in [6, 6.07) is 8.31. The van der Waals surface area contributed by atoms with Crippen molar-refractivity contribution in [1.29, 1.82) is 0 Å². The number of hydrogen-bond donors (Lipinski definition) is 1. The molecule has 2 nitrogen and oxygen atoms in total. The first-order valence-electron chi connectivity index (χ1n) is 7.73. The van der Waals surface area contributed by atoms with Gasteiger partial charge in [0.25, 0.3) is 0 Å². The number of oxime groups is 1. The second-order valence-electron chi connectivity index (χ2n) is 6.25. The maximum Gasteiger partial charge on any atom is 0.0469 e. The summed E-state index contributed by atoms with van der Waals surface area (Å²) in [5.41, 5.74) is 1.32. The third-order valence-corrected chi connectivity index (χ3v) is 5.66. The van der Waals surface area contributed by atoms with Gasteiger partial charge in [-0.05, 0) is 55.1 Å². The molecular weight excluding hydrogens is 270 g/mol. The zero-order chi connectivity index (χ0) is 13.9. The highest BCUT2D eigenvalue weighted by Crippen LogP contribution is 2.51. The minimum atomic E-state index is 0.448. The predicted octanol–water partition coefficient (Wildman–Crippen LogP) is 5.10. The molecule has 0 bridgehead atoms. The van der Waals surface area contributed by atoms with E-state index in [1.807, 2.05) is 12.1 Å². The third-order valence-electron chi connectivity index (χ3n) is 5.32. The van der Waals surface area contributed by atoms with E-state index in [4.69, 9.17) is 16.8 Å². The molecule has 0 radical (unpaired) electrons. The summed E-state index contributed by atoms with van der Waals surface area (Å²) in [7, 11) is 0. The molecular formula is C17H22ClNO. The average molecular weight is 292 g/mol. The van der Waals surface area contributed by atoms with E-state index in [1.54, 1.807) is 6.21 Å². The average Bonchev–Trinajstić information content (AvgIpc) is 2.49. The van der Waals surface area contributed by atoms with Gasteiger partial charge in [0.1, 0.15) is 0 Å². The lowest BCUT2D eigenvalue weighted by molar-refractivity contribution is 0.115. The Kier molecular flexibility index (Phi) is 4.30. The van der Waals surface area contributed by atoms with Crippen molar-refractivity contribution in [2.45, 2.75) is 44.4 Å². The molecule has 20 heavy (non-hydrogen) atoms. The summed E-state index contributed by atoms with van der Waals surface area (Å²) in [4.78, 5) is 0. The second kappa shape index (κ2) is 6.17. The van der Waals surface area contributed by atoms with E-state index < -0.39 is 0 Å². The fraction of sp³-hybridized carbons (Fsp3) is 0.588. The van der Waals surface area contributed by atoms with Crippen LogP contribution in [0, 0.1) is 17.8 Å². The van der Waals surface area contributed by atoms with Gasteiger partial charge in [-0.3, -0.25) is 0 Å². The van der Waals surface area contributed by atoms with Gasteiger partial charge in [0.15, 0.2) is 0 Å². The summed E-state index contributed by atoms with van der Waals surface area (Å²) in [5, 5.41) is 13.1. The summed E-state index contributed by atoms with van der Waals surface area (Å²) in [6.45, 7) is 0. The highest BCUT2D eigenvalue weighted by molar-refractivity contribution is 6.31. The molecule has 0 amide bonds. The predicted molar refractivity (Wildman–Crippen MR) is 82.6 cm³/mol. The lowest BCUT2D eigenvalue weighted by Gasteiger charge is -2.45. The molecule has 3 heteroatoms. The monoisotopic (exact) mass is 291 g/mol. The minimum absolute atomic E-state index is 0.448. The number of hydrogen-bond acceptors (Lipinski definition) is 2. The molecule has 0 aliphatic heterocycles. The normalized spacial score (nSPS) is 34.0. The van der Waals surface area contributed by atoms with Crippen LogP contribution in [0.4, 0.5) is 0 Å². The van der Waals surface area contributed by atoms with Gasteiger partial charge in [0.05, 0.1) is 0 Å². The van der Waals surface area contributed by atoms with Gasteiger partial charge in [-0.2, -0.15) is 0 Å². The Morgan fingerprint density at radius 3 is 2.55 bits per heavy atom. The van der Waals surface area contributed by atoms with Gasteiger partial charge in [-0.1, -0.05) is 42.6 Å². The standard InChI is InChI=1S/C17H22ClNO/c18-17-8-4-3-7-16(17)15-10-9-12(11-19-20)13-5-1-2-6-14(13)15/h3-4,7-8,11-15,20H,1-2,5-6,9-10H2. The zero-order valence-electron chi connectivity index (χ0n) is 11.7. The molecule has 3 rings (SSSR count). The van der Waals surface area contributed by atoms with E-state index in [0.717, 1.165) is 17.9 Å². The molecule has 0 spiro atoms. The van der Waals surface area contributed by atoms with Crippen LogP contribution in [0.3, 0.4) is 0 Å². The summed E-state index contributed by atoms with van der Waals surface area (Å²) < 4.78 is 0. The molecule has 108 valence electrons. The van der Waals surface area contributed by atoms with Crippen molar-refractivity contribution < 1.29 is 5.21 Å². The number of rotatable bonds is 2. The van der Waals surface area contributed by atoms with E-state index in [0.29, 0.717) is 23.7 Å². The number of fused-ring (bicyclic) bond motifs is 1. The van der Waals surface area contributed by atoms with Gasteiger partial charge in [-0.25, -0.2) is 0 Å². The van der Waals surface area contributed by atoms with Gasteiger partial charge < -0.3 is 5.21 Å². The molecule has 0 saturated heterocycles. The fourth-order valence-corrected chi connectivity index (χ4v) is 4.73. The molecule has 2 saturated carbocycles. The largest absolute Gasteiger partial charge is 0.411 e. The van der Waals surface area contributed by atoms with Crippen LogP contribution in [0.1, 0.15) is 50.0 Å². The Balaban J connectivity index is 1.88. The van der Waals surface area contributed by atoms with Crippen molar-refractivity contribution in [3.05, 3.63) is 34.9 Å². The first-order valence-corrected chi connectivity index (χ1v) is 8.11. The topological polar surface area (TPSA) is 32.6 Å². The van der Waals surface area contributed by atoms with Crippen molar-refractivity contribution in [3.8, 4) is 0 Å². The molecule has 2 aliphatic carbocycles. The number of halogens is 1. The van der Waals surface area contributed by atoms with Crippen LogP contribution in [0.5, 0.6) is 0 Å². The maximum absolute atomic E-state index is 8.88. The van der Waals surface area contributed by atoms with Crippen LogP contribution in [0.25, 0.3) is 0 Å². The zero-order valence-corrected chi connectivity index (χ0v) is 12.5. The molecule has 0 aromatic heterocycles. The van der Waals surface area contributed by atoms with E-state index in [-0.39, 0.29) is 0 Å². The lowest BCUT2D eigenvalue weighted by atomic mass is 9.60. The molecule has 1 N–H and O–H groups in total. The number of nitrogens with zero attached hydrogens (tertiary/aromatic N) is 1.